The molecule has 154 valence electrons. The standard InChI is InChI=1S/C21H20ClN5O2S/c1-13-21(29)26(10-14-2-4-17-18(8-14)24-12-25-20(17)23)6-7-27(13)19(28)5-3-16-9-15(22)11-30-16/h2-5,8-9,11-13H,6-7,10H2,1H3,(H2,23,24,25)/t13-/m0/s1. The van der Waals surface area contributed by atoms with Crippen LogP contribution in [0.2, 0.25) is 5.02 Å². The van der Waals surface area contributed by atoms with Gasteiger partial charge < -0.3 is 15.5 Å². The fourth-order valence-corrected chi connectivity index (χ4v) is 4.47. The predicted molar refractivity (Wildman–Crippen MR) is 119 cm³/mol. The van der Waals surface area contributed by atoms with Crippen LogP contribution in [0, 0.1) is 0 Å². The van der Waals surface area contributed by atoms with Gasteiger partial charge in [-0.2, -0.15) is 0 Å². The first-order valence-corrected chi connectivity index (χ1v) is 10.7. The number of nitrogen functional groups attached to an aromatic ring is 1. The lowest BCUT2D eigenvalue weighted by Gasteiger charge is -2.38. The van der Waals surface area contributed by atoms with Gasteiger partial charge in [-0.1, -0.05) is 17.7 Å². The SMILES string of the molecule is C[C@H]1C(=O)N(Cc2ccc3c(N)ncnc3c2)CCN1C(=O)C=Cc1cc(Cl)cs1. The van der Waals surface area contributed by atoms with E-state index < -0.39 is 6.04 Å². The molecule has 0 bridgehead atoms. The highest BCUT2D eigenvalue weighted by molar-refractivity contribution is 7.11. The number of nitrogens with two attached hydrogens (primary N) is 1. The number of amides is 2. The smallest absolute Gasteiger partial charge is 0.247 e. The minimum absolute atomic E-state index is 0.0792. The highest BCUT2D eigenvalue weighted by atomic mass is 35.5. The van der Waals surface area contributed by atoms with Gasteiger partial charge in [-0.25, -0.2) is 9.97 Å². The fourth-order valence-electron chi connectivity index (χ4n) is 3.49. The van der Waals surface area contributed by atoms with E-state index in [-0.39, 0.29) is 11.8 Å². The number of piperazine rings is 1. The zero-order chi connectivity index (χ0) is 21.3. The van der Waals surface area contributed by atoms with Crippen LogP contribution in [0.4, 0.5) is 5.82 Å². The number of halogens is 1. The molecule has 1 saturated heterocycles. The first kappa shape index (κ1) is 20.3. The number of carbonyl (C=O) groups is 2. The molecule has 1 atom stereocenters. The number of thiophene rings is 1. The van der Waals surface area contributed by atoms with Crippen LogP contribution in [-0.2, 0) is 16.1 Å². The number of hydrogen-bond acceptors (Lipinski definition) is 6. The van der Waals surface area contributed by atoms with E-state index in [0.29, 0.717) is 30.5 Å². The topological polar surface area (TPSA) is 92.4 Å². The molecule has 0 aliphatic carbocycles. The number of rotatable bonds is 4. The first-order valence-electron chi connectivity index (χ1n) is 9.43. The first-order chi connectivity index (χ1) is 14.4. The Morgan fingerprint density at radius 1 is 1.33 bits per heavy atom. The van der Waals surface area contributed by atoms with Crippen molar-refractivity contribution < 1.29 is 9.59 Å². The summed E-state index contributed by atoms with van der Waals surface area (Å²) in [7, 11) is 0. The van der Waals surface area contributed by atoms with E-state index in [0.717, 1.165) is 21.3 Å². The zero-order valence-electron chi connectivity index (χ0n) is 16.3. The molecule has 7 nitrogen and oxygen atoms in total. The Morgan fingerprint density at radius 2 is 2.17 bits per heavy atom. The quantitative estimate of drug-likeness (QED) is 0.627. The van der Waals surface area contributed by atoms with Gasteiger partial charge in [-0.3, -0.25) is 9.59 Å². The Labute approximate surface area is 182 Å². The van der Waals surface area contributed by atoms with E-state index >= 15 is 0 Å². The van der Waals surface area contributed by atoms with Crippen molar-refractivity contribution in [3.63, 3.8) is 0 Å². The average molecular weight is 442 g/mol. The molecule has 9 heteroatoms. The molecule has 0 unspecified atom stereocenters. The van der Waals surface area contributed by atoms with Crippen molar-refractivity contribution >= 4 is 57.5 Å². The molecule has 30 heavy (non-hydrogen) atoms. The van der Waals surface area contributed by atoms with Crippen molar-refractivity contribution in [3.8, 4) is 0 Å². The van der Waals surface area contributed by atoms with Gasteiger partial charge in [0, 0.05) is 41.4 Å². The molecule has 1 aliphatic heterocycles. The molecule has 2 amide bonds. The van der Waals surface area contributed by atoms with Gasteiger partial charge in [0.2, 0.25) is 11.8 Å². The maximum Gasteiger partial charge on any atom is 0.247 e. The Kier molecular flexibility index (Phi) is 5.69. The van der Waals surface area contributed by atoms with Crippen LogP contribution in [-0.4, -0.2) is 50.7 Å². The Balaban J connectivity index is 1.43. The third kappa shape index (κ3) is 4.15. The van der Waals surface area contributed by atoms with Crippen molar-refractivity contribution in [2.75, 3.05) is 18.8 Å². The monoisotopic (exact) mass is 441 g/mol. The molecule has 4 rings (SSSR count). The van der Waals surface area contributed by atoms with Gasteiger partial charge >= 0.3 is 0 Å². The summed E-state index contributed by atoms with van der Waals surface area (Å²) in [5.74, 6) is 0.170. The zero-order valence-corrected chi connectivity index (χ0v) is 17.9. The summed E-state index contributed by atoms with van der Waals surface area (Å²) < 4.78 is 0. The van der Waals surface area contributed by atoms with Crippen LogP contribution < -0.4 is 5.73 Å². The van der Waals surface area contributed by atoms with Gasteiger partial charge in [-0.05, 0) is 36.8 Å². The van der Waals surface area contributed by atoms with E-state index in [4.69, 9.17) is 17.3 Å². The summed E-state index contributed by atoms with van der Waals surface area (Å²) in [6.45, 7) is 3.16. The van der Waals surface area contributed by atoms with E-state index in [1.165, 1.54) is 23.7 Å². The molecule has 0 spiro atoms. The largest absolute Gasteiger partial charge is 0.383 e. The van der Waals surface area contributed by atoms with Gasteiger partial charge in [0.25, 0.3) is 0 Å². The van der Waals surface area contributed by atoms with Crippen molar-refractivity contribution in [2.24, 2.45) is 0 Å². The Hall–Kier alpha value is -2.97. The van der Waals surface area contributed by atoms with Crippen LogP contribution in [0.15, 0.2) is 42.0 Å². The summed E-state index contributed by atoms with van der Waals surface area (Å²) in [6.07, 6.45) is 4.65. The van der Waals surface area contributed by atoms with E-state index in [1.54, 1.807) is 28.9 Å². The van der Waals surface area contributed by atoms with Gasteiger partial charge in [0.1, 0.15) is 18.2 Å². The second-order valence-corrected chi connectivity index (χ2v) is 8.46. The maximum absolute atomic E-state index is 12.9. The van der Waals surface area contributed by atoms with Crippen molar-refractivity contribution in [2.45, 2.75) is 19.5 Å². The summed E-state index contributed by atoms with van der Waals surface area (Å²) in [4.78, 5) is 38.0. The summed E-state index contributed by atoms with van der Waals surface area (Å²) in [6, 6.07) is 6.98. The third-order valence-corrected chi connectivity index (χ3v) is 6.36. The third-order valence-electron chi connectivity index (χ3n) is 5.11. The lowest BCUT2D eigenvalue weighted by atomic mass is 10.1. The minimum Gasteiger partial charge on any atom is -0.383 e. The van der Waals surface area contributed by atoms with Crippen LogP contribution in [0.3, 0.4) is 0 Å². The van der Waals surface area contributed by atoms with Crippen molar-refractivity contribution in [1.82, 2.24) is 19.8 Å². The van der Waals surface area contributed by atoms with Crippen LogP contribution in [0.1, 0.15) is 17.4 Å². The number of carbonyl (C=O) groups excluding carboxylic acids is 2. The molecule has 1 aromatic carbocycles. The van der Waals surface area contributed by atoms with Crippen LogP contribution in [0.25, 0.3) is 17.0 Å². The summed E-state index contributed by atoms with van der Waals surface area (Å²) in [5.41, 5.74) is 7.57. The van der Waals surface area contributed by atoms with Crippen molar-refractivity contribution in [3.05, 3.63) is 57.5 Å². The molecule has 0 radical (unpaired) electrons. The number of benzene rings is 1. The maximum atomic E-state index is 12.9. The van der Waals surface area contributed by atoms with E-state index in [1.807, 2.05) is 23.6 Å². The minimum atomic E-state index is -0.527. The molecule has 3 heterocycles. The normalized spacial score (nSPS) is 17.3. The van der Waals surface area contributed by atoms with Gasteiger partial charge in [0.05, 0.1) is 10.5 Å². The molecular formula is C21H20ClN5O2S. The molecular weight excluding hydrogens is 422 g/mol. The fraction of sp³-hybridized carbons (Fsp3) is 0.238. The van der Waals surface area contributed by atoms with E-state index in [9.17, 15) is 9.59 Å². The van der Waals surface area contributed by atoms with Gasteiger partial charge in [0.15, 0.2) is 0 Å². The number of hydrogen-bond donors (Lipinski definition) is 1. The lowest BCUT2D eigenvalue weighted by Crippen LogP contribution is -2.56. The van der Waals surface area contributed by atoms with Crippen LogP contribution in [0.5, 0.6) is 0 Å². The second kappa shape index (κ2) is 8.41. The summed E-state index contributed by atoms with van der Waals surface area (Å²) >= 11 is 7.37. The number of anilines is 1. The molecule has 1 aliphatic rings. The van der Waals surface area contributed by atoms with Crippen molar-refractivity contribution in [1.29, 1.82) is 0 Å². The average Bonchev–Trinajstić information content (AvgIpc) is 3.15. The number of fused-ring (bicyclic) bond motifs is 1. The highest BCUT2D eigenvalue weighted by Crippen LogP contribution is 2.22. The molecule has 3 aromatic rings. The second-order valence-electron chi connectivity index (χ2n) is 7.08. The van der Waals surface area contributed by atoms with E-state index in [2.05, 4.69) is 9.97 Å². The van der Waals surface area contributed by atoms with Gasteiger partial charge in [-0.15, -0.1) is 11.3 Å². The number of aromatic nitrogens is 2. The Morgan fingerprint density at radius 3 is 2.93 bits per heavy atom. The molecule has 1 fully saturated rings. The molecule has 2 aromatic heterocycles. The predicted octanol–water partition coefficient (Wildman–Crippen LogP) is 3.20. The summed E-state index contributed by atoms with van der Waals surface area (Å²) in [5, 5.41) is 3.24. The highest BCUT2D eigenvalue weighted by Gasteiger charge is 2.33. The Bertz CT molecular complexity index is 1150. The van der Waals surface area contributed by atoms with Crippen LogP contribution >= 0.6 is 22.9 Å². The molecule has 0 saturated carbocycles. The lowest BCUT2D eigenvalue weighted by molar-refractivity contribution is -0.148. The number of nitrogens with zero attached hydrogens (tertiary/aromatic N) is 4. The molecule has 2 N–H and O–H groups in total.